The van der Waals surface area contributed by atoms with Crippen LogP contribution in [0.5, 0.6) is 0 Å². The number of rotatable bonds is 5. The SMILES string of the molecule is Cc1ccc(CNC(=O)c2cc3n(n2)C[C@](C)(C(=O)NC2CCCCCC2)N(C)C3=O)o1. The molecule has 1 fully saturated rings. The monoisotopic (exact) mass is 441 g/mol. The third-order valence-electron chi connectivity index (χ3n) is 6.63. The van der Waals surface area contributed by atoms with Crippen LogP contribution >= 0.6 is 0 Å². The molecule has 4 rings (SSSR count). The number of carbonyl (C=O) groups excluding carboxylic acids is 3. The Hall–Kier alpha value is -3.10. The maximum atomic E-state index is 13.2. The van der Waals surface area contributed by atoms with Gasteiger partial charge in [0.15, 0.2) is 5.69 Å². The second-order valence-corrected chi connectivity index (χ2v) is 9.07. The Balaban J connectivity index is 1.47. The van der Waals surface area contributed by atoms with E-state index in [1.807, 2.05) is 13.0 Å². The molecule has 1 saturated carbocycles. The molecule has 2 N–H and O–H groups in total. The Bertz CT molecular complexity index is 1020. The number of carbonyl (C=O) groups is 3. The van der Waals surface area contributed by atoms with Crippen molar-refractivity contribution in [3.8, 4) is 0 Å². The van der Waals surface area contributed by atoms with Crippen LogP contribution < -0.4 is 10.6 Å². The van der Waals surface area contributed by atoms with Gasteiger partial charge >= 0.3 is 0 Å². The molecule has 0 spiro atoms. The zero-order valence-corrected chi connectivity index (χ0v) is 18.9. The largest absolute Gasteiger partial charge is 0.465 e. The summed E-state index contributed by atoms with van der Waals surface area (Å²) in [5, 5.41) is 10.3. The predicted molar refractivity (Wildman–Crippen MR) is 117 cm³/mol. The van der Waals surface area contributed by atoms with Crippen LogP contribution in [0.2, 0.25) is 0 Å². The lowest BCUT2D eigenvalue weighted by atomic mass is 9.95. The first-order chi connectivity index (χ1) is 15.3. The number of amides is 3. The van der Waals surface area contributed by atoms with Gasteiger partial charge in [-0.15, -0.1) is 0 Å². The topological polar surface area (TPSA) is 109 Å². The molecular weight excluding hydrogens is 410 g/mol. The molecule has 0 aromatic carbocycles. The number of likely N-dealkylation sites (N-methyl/N-ethyl adjacent to an activating group) is 1. The maximum absolute atomic E-state index is 13.2. The summed E-state index contributed by atoms with van der Waals surface area (Å²) in [6.07, 6.45) is 6.54. The summed E-state index contributed by atoms with van der Waals surface area (Å²) in [6, 6.07) is 5.23. The Morgan fingerprint density at radius 3 is 2.59 bits per heavy atom. The molecule has 0 bridgehead atoms. The van der Waals surface area contributed by atoms with Gasteiger partial charge in [0.05, 0.1) is 13.1 Å². The number of nitrogens with zero attached hydrogens (tertiary/aromatic N) is 3. The molecular formula is C23H31N5O4. The smallest absolute Gasteiger partial charge is 0.272 e. The molecule has 0 unspecified atom stereocenters. The van der Waals surface area contributed by atoms with Crippen molar-refractivity contribution in [1.82, 2.24) is 25.3 Å². The molecule has 1 atom stereocenters. The second kappa shape index (κ2) is 8.80. The third-order valence-corrected chi connectivity index (χ3v) is 6.63. The molecule has 9 heteroatoms. The molecule has 9 nitrogen and oxygen atoms in total. The van der Waals surface area contributed by atoms with E-state index in [4.69, 9.17) is 4.42 Å². The van der Waals surface area contributed by atoms with Crippen molar-refractivity contribution in [1.29, 1.82) is 0 Å². The lowest BCUT2D eigenvalue weighted by Gasteiger charge is -2.41. The number of furan rings is 1. The van der Waals surface area contributed by atoms with Crippen LogP contribution in [0, 0.1) is 6.92 Å². The van der Waals surface area contributed by atoms with Gasteiger partial charge in [-0.25, -0.2) is 0 Å². The van der Waals surface area contributed by atoms with Gasteiger partial charge in [0.2, 0.25) is 5.91 Å². The van der Waals surface area contributed by atoms with Crippen LogP contribution in [0.3, 0.4) is 0 Å². The van der Waals surface area contributed by atoms with Crippen molar-refractivity contribution >= 4 is 17.7 Å². The highest BCUT2D eigenvalue weighted by molar-refractivity contribution is 6.01. The minimum absolute atomic E-state index is 0.135. The highest BCUT2D eigenvalue weighted by Gasteiger charge is 2.46. The van der Waals surface area contributed by atoms with Crippen molar-refractivity contribution in [3.63, 3.8) is 0 Å². The minimum Gasteiger partial charge on any atom is -0.465 e. The van der Waals surface area contributed by atoms with Crippen LogP contribution in [-0.2, 0) is 17.9 Å². The lowest BCUT2D eigenvalue weighted by Crippen LogP contribution is -2.63. The molecule has 2 aromatic heterocycles. The molecule has 172 valence electrons. The summed E-state index contributed by atoms with van der Waals surface area (Å²) in [7, 11) is 1.63. The van der Waals surface area contributed by atoms with Crippen molar-refractivity contribution in [3.05, 3.63) is 41.1 Å². The predicted octanol–water partition coefficient (Wildman–Crippen LogP) is 2.40. The van der Waals surface area contributed by atoms with Crippen molar-refractivity contribution in [2.45, 2.75) is 77.0 Å². The number of aromatic nitrogens is 2. The van der Waals surface area contributed by atoms with E-state index in [2.05, 4.69) is 15.7 Å². The van der Waals surface area contributed by atoms with E-state index >= 15 is 0 Å². The Kier molecular flexibility index (Phi) is 6.08. The van der Waals surface area contributed by atoms with E-state index in [1.54, 1.807) is 20.0 Å². The highest BCUT2D eigenvalue weighted by atomic mass is 16.3. The summed E-state index contributed by atoms with van der Waals surface area (Å²) in [6.45, 7) is 4.00. The molecule has 1 aliphatic carbocycles. The number of aryl methyl sites for hydroxylation is 1. The van der Waals surface area contributed by atoms with E-state index in [-0.39, 0.29) is 36.6 Å². The van der Waals surface area contributed by atoms with Gasteiger partial charge in [-0.2, -0.15) is 5.10 Å². The van der Waals surface area contributed by atoms with Crippen LogP contribution in [0.4, 0.5) is 0 Å². The van der Waals surface area contributed by atoms with Crippen molar-refractivity contribution in [2.75, 3.05) is 7.05 Å². The summed E-state index contributed by atoms with van der Waals surface area (Å²) < 4.78 is 6.93. The fourth-order valence-corrected chi connectivity index (χ4v) is 4.44. The summed E-state index contributed by atoms with van der Waals surface area (Å²) in [5.74, 6) is 0.490. The van der Waals surface area contributed by atoms with Gasteiger partial charge < -0.3 is 20.0 Å². The standard InChI is InChI=1S/C23H31N5O4/c1-15-10-11-17(32-15)13-24-20(29)18-12-19-21(30)27(3)23(2,14-28(19)26-18)22(31)25-16-8-6-4-5-7-9-16/h10-12,16H,4-9,13-14H2,1-3H3,(H,24,29)(H,25,31)/t23-/m1/s1. The normalized spacial score (nSPS) is 21.7. The fraction of sp³-hybridized carbons (Fsp3) is 0.565. The van der Waals surface area contributed by atoms with E-state index in [0.717, 1.165) is 31.4 Å². The van der Waals surface area contributed by atoms with Crippen molar-refractivity contribution < 1.29 is 18.8 Å². The molecule has 1 aliphatic heterocycles. The van der Waals surface area contributed by atoms with Crippen LogP contribution in [0.1, 0.15) is 77.9 Å². The first kappa shape index (κ1) is 22.1. The third kappa shape index (κ3) is 4.28. The number of hydrogen-bond donors (Lipinski definition) is 2. The summed E-state index contributed by atoms with van der Waals surface area (Å²) in [5.41, 5.74) is -0.647. The highest BCUT2D eigenvalue weighted by Crippen LogP contribution is 2.27. The van der Waals surface area contributed by atoms with Crippen LogP contribution in [0.25, 0.3) is 0 Å². The average molecular weight is 442 g/mol. The van der Waals surface area contributed by atoms with Gasteiger partial charge in [-0.1, -0.05) is 25.7 Å². The van der Waals surface area contributed by atoms with E-state index in [0.29, 0.717) is 11.5 Å². The first-order valence-electron chi connectivity index (χ1n) is 11.3. The fourth-order valence-electron chi connectivity index (χ4n) is 4.44. The van der Waals surface area contributed by atoms with Gasteiger partial charge in [-0.3, -0.25) is 19.1 Å². The van der Waals surface area contributed by atoms with Gasteiger partial charge in [0, 0.05) is 19.2 Å². The van der Waals surface area contributed by atoms with Gasteiger partial charge in [0.1, 0.15) is 22.8 Å². The molecule has 0 radical (unpaired) electrons. The Labute approximate surface area is 187 Å². The second-order valence-electron chi connectivity index (χ2n) is 9.07. The first-order valence-corrected chi connectivity index (χ1v) is 11.3. The van der Waals surface area contributed by atoms with Gasteiger partial charge in [0.25, 0.3) is 11.8 Å². The quantitative estimate of drug-likeness (QED) is 0.693. The average Bonchev–Trinajstić information content (AvgIpc) is 3.29. The number of nitrogens with one attached hydrogen (secondary N) is 2. The number of hydrogen-bond acceptors (Lipinski definition) is 5. The Morgan fingerprint density at radius 2 is 1.94 bits per heavy atom. The molecule has 3 amide bonds. The Morgan fingerprint density at radius 1 is 1.22 bits per heavy atom. The molecule has 2 aliphatic rings. The zero-order chi connectivity index (χ0) is 22.9. The summed E-state index contributed by atoms with van der Waals surface area (Å²) >= 11 is 0. The number of fused-ring (bicyclic) bond motifs is 1. The van der Waals surface area contributed by atoms with Crippen molar-refractivity contribution in [2.24, 2.45) is 0 Å². The molecule has 32 heavy (non-hydrogen) atoms. The lowest BCUT2D eigenvalue weighted by molar-refractivity contribution is -0.133. The molecule has 0 saturated heterocycles. The van der Waals surface area contributed by atoms with E-state index < -0.39 is 11.4 Å². The van der Waals surface area contributed by atoms with Crippen LogP contribution in [0.15, 0.2) is 22.6 Å². The minimum atomic E-state index is -1.08. The van der Waals surface area contributed by atoms with Crippen LogP contribution in [-0.4, -0.2) is 51.0 Å². The van der Waals surface area contributed by atoms with Gasteiger partial charge in [-0.05, 0) is 38.8 Å². The molecule has 3 heterocycles. The summed E-state index contributed by atoms with van der Waals surface area (Å²) in [4.78, 5) is 40.3. The van der Waals surface area contributed by atoms with E-state index in [1.165, 1.54) is 28.5 Å². The zero-order valence-electron chi connectivity index (χ0n) is 18.9. The van der Waals surface area contributed by atoms with E-state index in [9.17, 15) is 14.4 Å². The molecule has 2 aromatic rings. The maximum Gasteiger partial charge on any atom is 0.272 e.